The quantitative estimate of drug-likeness (QED) is 0.759. The van der Waals surface area contributed by atoms with E-state index in [0.717, 1.165) is 10.4 Å². The molecule has 1 atom stereocenters. The summed E-state index contributed by atoms with van der Waals surface area (Å²) in [6, 6.07) is 12.9. The molecule has 3 rings (SSSR count). The summed E-state index contributed by atoms with van der Waals surface area (Å²) in [6.45, 7) is 0. The van der Waals surface area contributed by atoms with Crippen molar-refractivity contribution < 1.29 is 8.42 Å². The van der Waals surface area contributed by atoms with Gasteiger partial charge in [-0.15, -0.1) is 11.3 Å². The van der Waals surface area contributed by atoms with Gasteiger partial charge in [0.05, 0.1) is 12.2 Å². The first-order valence-electron chi connectivity index (χ1n) is 6.26. The Morgan fingerprint density at radius 3 is 2.57 bits per heavy atom. The number of H-pyrrole nitrogens is 1. The predicted octanol–water partition coefficient (Wildman–Crippen LogP) is 2.54. The molecule has 2 aromatic heterocycles. The highest BCUT2D eigenvalue weighted by Gasteiger charge is 2.24. The number of aromatic nitrogens is 2. The third-order valence-electron chi connectivity index (χ3n) is 3.02. The maximum atomic E-state index is 12.4. The van der Waals surface area contributed by atoms with Gasteiger partial charge in [0.15, 0.2) is 0 Å². The zero-order chi connectivity index (χ0) is 14.7. The summed E-state index contributed by atoms with van der Waals surface area (Å²) in [5.41, 5.74) is 0.895. The van der Waals surface area contributed by atoms with Gasteiger partial charge in [0.2, 0.25) is 10.0 Å². The molecule has 7 heteroatoms. The second-order valence-corrected chi connectivity index (χ2v) is 7.11. The van der Waals surface area contributed by atoms with Gasteiger partial charge in [0.1, 0.15) is 4.90 Å². The number of nitrogens with one attached hydrogen (secondary N) is 2. The van der Waals surface area contributed by atoms with Crippen molar-refractivity contribution >= 4 is 21.4 Å². The number of aromatic amines is 1. The van der Waals surface area contributed by atoms with Crippen molar-refractivity contribution in [2.75, 3.05) is 0 Å². The van der Waals surface area contributed by atoms with Crippen LogP contribution in [0.4, 0.5) is 0 Å². The van der Waals surface area contributed by atoms with Crippen LogP contribution in [0.25, 0.3) is 0 Å². The van der Waals surface area contributed by atoms with Gasteiger partial charge in [-0.05, 0) is 17.0 Å². The molecule has 0 saturated carbocycles. The summed E-state index contributed by atoms with van der Waals surface area (Å²) < 4.78 is 27.5. The number of sulfonamides is 1. The molecule has 0 fully saturated rings. The van der Waals surface area contributed by atoms with Crippen LogP contribution in [0.5, 0.6) is 0 Å². The molecule has 0 saturated heterocycles. The minimum Gasteiger partial charge on any atom is -0.284 e. The van der Waals surface area contributed by atoms with Crippen LogP contribution < -0.4 is 4.72 Å². The van der Waals surface area contributed by atoms with Gasteiger partial charge in [-0.3, -0.25) is 5.10 Å². The van der Waals surface area contributed by atoms with Crippen molar-refractivity contribution in [2.45, 2.75) is 10.9 Å². The Morgan fingerprint density at radius 2 is 1.95 bits per heavy atom. The van der Waals surface area contributed by atoms with Gasteiger partial charge in [0, 0.05) is 11.1 Å². The first kappa shape index (κ1) is 14.0. The van der Waals surface area contributed by atoms with Crippen molar-refractivity contribution in [3.05, 3.63) is 70.7 Å². The number of benzene rings is 1. The third kappa shape index (κ3) is 3.05. The normalized spacial score (nSPS) is 13.1. The standard InChI is InChI=1S/C14H13N3O2S2/c18-21(19,12-9-15-16-10-12)17-14(13-7-4-8-20-13)11-5-2-1-3-6-11/h1-10,14,17H,(H,15,16). The smallest absolute Gasteiger partial charge is 0.244 e. The van der Waals surface area contributed by atoms with E-state index in [9.17, 15) is 8.42 Å². The largest absolute Gasteiger partial charge is 0.284 e. The molecule has 1 unspecified atom stereocenters. The first-order chi connectivity index (χ1) is 10.2. The van der Waals surface area contributed by atoms with E-state index in [1.165, 1.54) is 23.7 Å². The molecular formula is C14H13N3O2S2. The Bertz CT molecular complexity index is 782. The average Bonchev–Trinajstić information content (AvgIpc) is 3.19. The molecule has 0 aliphatic carbocycles. The van der Waals surface area contributed by atoms with Crippen LogP contribution in [0.1, 0.15) is 16.5 Å². The van der Waals surface area contributed by atoms with Crippen LogP contribution in [-0.4, -0.2) is 18.6 Å². The number of thiophene rings is 1. The van der Waals surface area contributed by atoms with Crippen LogP contribution in [0.15, 0.2) is 65.1 Å². The van der Waals surface area contributed by atoms with Crippen molar-refractivity contribution in [2.24, 2.45) is 0 Å². The first-order valence-corrected chi connectivity index (χ1v) is 8.62. The summed E-state index contributed by atoms with van der Waals surface area (Å²) in [5.74, 6) is 0. The van der Waals surface area contributed by atoms with E-state index in [2.05, 4.69) is 14.9 Å². The Balaban J connectivity index is 1.98. The topological polar surface area (TPSA) is 74.8 Å². The van der Waals surface area contributed by atoms with E-state index in [1.807, 2.05) is 47.8 Å². The van der Waals surface area contributed by atoms with Gasteiger partial charge < -0.3 is 0 Å². The Morgan fingerprint density at radius 1 is 1.14 bits per heavy atom. The molecular weight excluding hydrogens is 306 g/mol. The second kappa shape index (κ2) is 5.80. The van der Waals surface area contributed by atoms with E-state index in [0.29, 0.717) is 0 Å². The van der Waals surface area contributed by atoms with E-state index < -0.39 is 16.1 Å². The molecule has 2 heterocycles. The highest BCUT2D eigenvalue weighted by atomic mass is 32.2. The Labute approximate surface area is 126 Å². The van der Waals surface area contributed by atoms with Crippen molar-refractivity contribution in [1.82, 2.24) is 14.9 Å². The maximum Gasteiger partial charge on any atom is 0.244 e. The zero-order valence-corrected chi connectivity index (χ0v) is 12.6. The number of hydrogen-bond acceptors (Lipinski definition) is 4. The van der Waals surface area contributed by atoms with E-state index in [4.69, 9.17) is 0 Å². The lowest BCUT2D eigenvalue weighted by molar-refractivity contribution is 0.573. The molecule has 5 nitrogen and oxygen atoms in total. The summed E-state index contributed by atoms with van der Waals surface area (Å²) >= 11 is 1.51. The second-order valence-electron chi connectivity index (χ2n) is 4.41. The summed E-state index contributed by atoms with van der Waals surface area (Å²) in [6.07, 6.45) is 2.65. The fourth-order valence-electron chi connectivity index (χ4n) is 2.00. The van der Waals surface area contributed by atoms with Crippen molar-refractivity contribution in [3.8, 4) is 0 Å². The fourth-order valence-corrected chi connectivity index (χ4v) is 3.99. The minimum atomic E-state index is -3.63. The Hall–Kier alpha value is -1.96. The van der Waals surface area contributed by atoms with Crippen molar-refractivity contribution in [1.29, 1.82) is 0 Å². The zero-order valence-electron chi connectivity index (χ0n) is 10.9. The minimum absolute atomic E-state index is 0.125. The van der Waals surface area contributed by atoms with E-state index in [1.54, 1.807) is 0 Å². The van der Waals surface area contributed by atoms with E-state index >= 15 is 0 Å². The summed E-state index contributed by atoms with van der Waals surface area (Å²) in [5, 5.41) is 8.13. The van der Waals surface area contributed by atoms with Gasteiger partial charge in [-0.25, -0.2) is 8.42 Å². The lowest BCUT2D eigenvalue weighted by Gasteiger charge is -2.17. The molecule has 0 spiro atoms. The SMILES string of the molecule is O=S(=O)(NC(c1ccccc1)c1cccs1)c1cn[nH]c1. The van der Waals surface area contributed by atoms with Crippen molar-refractivity contribution in [3.63, 3.8) is 0 Å². The number of rotatable bonds is 5. The van der Waals surface area contributed by atoms with Crippen LogP contribution in [0.3, 0.4) is 0 Å². The third-order valence-corrected chi connectivity index (χ3v) is 5.34. The van der Waals surface area contributed by atoms with Crippen LogP contribution in [0, 0.1) is 0 Å². The monoisotopic (exact) mass is 319 g/mol. The molecule has 21 heavy (non-hydrogen) atoms. The van der Waals surface area contributed by atoms with Gasteiger partial charge in [-0.1, -0.05) is 36.4 Å². The van der Waals surface area contributed by atoms with Gasteiger partial charge in [-0.2, -0.15) is 9.82 Å². The van der Waals surface area contributed by atoms with Crippen LogP contribution in [0.2, 0.25) is 0 Å². The van der Waals surface area contributed by atoms with Gasteiger partial charge in [0.25, 0.3) is 0 Å². The van der Waals surface area contributed by atoms with E-state index in [-0.39, 0.29) is 4.90 Å². The molecule has 0 aliphatic heterocycles. The predicted molar refractivity (Wildman–Crippen MR) is 81.5 cm³/mol. The lowest BCUT2D eigenvalue weighted by Crippen LogP contribution is -2.28. The molecule has 2 N–H and O–H groups in total. The van der Waals surface area contributed by atoms with Gasteiger partial charge >= 0.3 is 0 Å². The molecule has 3 aromatic rings. The molecule has 0 aliphatic rings. The lowest BCUT2D eigenvalue weighted by atomic mass is 10.1. The van der Waals surface area contributed by atoms with Crippen LogP contribution in [-0.2, 0) is 10.0 Å². The Kier molecular flexibility index (Phi) is 3.87. The highest BCUT2D eigenvalue weighted by Crippen LogP contribution is 2.27. The molecule has 1 aromatic carbocycles. The number of nitrogens with zero attached hydrogens (tertiary/aromatic N) is 1. The van der Waals surface area contributed by atoms with Crippen LogP contribution >= 0.6 is 11.3 Å². The summed E-state index contributed by atoms with van der Waals surface area (Å²) in [4.78, 5) is 1.06. The average molecular weight is 319 g/mol. The molecule has 0 bridgehead atoms. The fraction of sp³-hybridized carbons (Fsp3) is 0.0714. The number of hydrogen-bond donors (Lipinski definition) is 2. The highest BCUT2D eigenvalue weighted by molar-refractivity contribution is 7.89. The molecule has 0 radical (unpaired) electrons. The molecule has 108 valence electrons. The summed E-state index contributed by atoms with van der Waals surface area (Å²) in [7, 11) is -3.63. The molecule has 0 amide bonds. The maximum absolute atomic E-state index is 12.4.